The lowest BCUT2D eigenvalue weighted by Crippen LogP contribution is -2.36. The summed E-state index contributed by atoms with van der Waals surface area (Å²) >= 11 is 0. The second-order valence-corrected chi connectivity index (χ2v) is 7.02. The van der Waals surface area contributed by atoms with Gasteiger partial charge in [0.15, 0.2) is 0 Å². The number of carbonyl (C=O) groups is 1. The van der Waals surface area contributed by atoms with Crippen molar-refractivity contribution in [3.05, 3.63) is 47.9 Å². The van der Waals surface area contributed by atoms with Crippen LogP contribution in [0.15, 0.2) is 36.7 Å². The van der Waals surface area contributed by atoms with Gasteiger partial charge in [-0.05, 0) is 37.8 Å². The van der Waals surface area contributed by atoms with E-state index in [9.17, 15) is 4.79 Å². The molecule has 130 valence electrons. The van der Waals surface area contributed by atoms with Gasteiger partial charge in [0.1, 0.15) is 17.8 Å². The summed E-state index contributed by atoms with van der Waals surface area (Å²) in [6.07, 6.45) is 7.34. The third-order valence-electron chi connectivity index (χ3n) is 5.23. The van der Waals surface area contributed by atoms with Crippen molar-refractivity contribution >= 4 is 17.4 Å². The van der Waals surface area contributed by atoms with Crippen LogP contribution in [-0.2, 0) is 6.42 Å². The Kier molecular flexibility index (Phi) is 4.38. The molecule has 1 amide bonds. The fraction of sp³-hybridized carbons (Fsp3) is 0.450. The number of aromatic nitrogens is 2. The molecular formula is C20H24N4O. The van der Waals surface area contributed by atoms with E-state index in [1.807, 2.05) is 29.2 Å². The molecule has 4 rings (SSSR count). The second kappa shape index (κ2) is 6.82. The first-order valence-electron chi connectivity index (χ1n) is 9.22. The minimum atomic E-state index is -0.0316. The highest BCUT2D eigenvalue weighted by molar-refractivity contribution is 6.06. The molecule has 0 radical (unpaired) electrons. The fourth-order valence-corrected chi connectivity index (χ4v) is 3.94. The van der Waals surface area contributed by atoms with Crippen LogP contribution < -0.4 is 9.80 Å². The molecule has 1 atom stereocenters. The molecule has 0 aliphatic carbocycles. The average Bonchev–Trinajstić information content (AvgIpc) is 2.81. The molecule has 5 heteroatoms. The van der Waals surface area contributed by atoms with Gasteiger partial charge in [-0.15, -0.1) is 0 Å². The van der Waals surface area contributed by atoms with Gasteiger partial charge >= 0.3 is 0 Å². The highest BCUT2D eigenvalue weighted by Gasteiger charge is 2.32. The van der Waals surface area contributed by atoms with Crippen LogP contribution >= 0.6 is 0 Å². The summed E-state index contributed by atoms with van der Waals surface area (Å²) in [7, 11) is 0. The van der Waals surface area contributed by atoms with Crippen molar-refractivity contribution in [3.63, 3.8) is 0 Å². The number of carbonyl (C=O) groups excluding carboxylic acids is 1. The topological polar surface area (TPSA) is 49.3 Å². The summed E-state index contributed by atoms with van der Waals surface area (Å²) in [6, 6.07) is 10.2. The van der Waals surface area contributed by atoms with Crippen LogP contribution in [-0.4, -0.2) is 35.0 Å². The van der Waals surface area contributed by atoms with Crippen LogP contribution in [0.2, 0.25) is 0 Å². The van der Waals surface area contributed by atoms with E-state index in [-0.39, 0.29) is 11.9 Å². The summed E-state index contributed by atoms with van der Waals surface area (Å²) < 4.78 is 0. The SMILES string of the molecule is CC1Cc2ccccc2N1C(=O)c1cc(N2CCCCCC2)ncn1. The zero-order valence-corrected chi connectivity index (χ0v) is 14.7. The summed E-state index contributed by atoms with van der Waals surface area (Å²) in [5.74, 6) is 0.844. The zero-order valence-electron chi connectivity index (χ0n) is 14.7. The maximum absolute atomic E-state index is 13.1. The Morgan fingerprint density at radius 3 is 2.64 bits per heavy atom. The van der Waals surface area contributed by atoms with Gasteiger partial charge in [-0.25, -0.2) is 9.97 Å². The Morgan fingerprint density at radius 2 is 1.84 bits per heavy atom. The van der Waals surface area contributed by atoms with Crippen LogP contribution in [0.1, 0.15) is 48.7 Å². The quantitative estimate of drug-likeness (QED) is 0.843. The molecule has 1 fully saturated rings. The average molecular weight is 336 g/mol. The molecule has 1 aromatic heterocycles. The van der Waals surface area contributed by atoms with Crippen molar-refractivity contribution in [2.24, 2.45) is 0 Å². The van der Waals surface area contributed by atoms with E-state index in [0.29, 0.717) is 5.69 Å². The number of nitrogens with zero attached hydrogens (tertiary/aromatic N) is 4. The number of amides is 1. The van der Waals surface area contributed by atoms with E-state index in [1.54, 1.807) is 0 Å². The van der Waals surface area contributed by atoms with Crippen molar-refractivity contribution in [3.8, 4) is 0 Å². The number of rotatable bonds is 2. The zero-order chi connectivity index (χ0) is 17.2. The predicted octanol–water partition coefficient (Wildman–Crippen LogP) is 3.45. The van der Waals surface area contributed by atoms with E-state index in [1.165, 1.54) is 37.6 Å². The lowest BCUT2D eigenvalue weighted by molar-refractivity contribution is 0.0976. The third kappa shape index (κ3) is 3.11. The van der Waals surface area contributed by atoms with Crippen LogP contribution in [0.5, 0.6) is 0 Å². The summed E-state index contributed by atoms with van der Waals surface area (Å²) in [5.41, 5.74) is 2.72. The smallest absolute Gasteiger partial charge is 0.277 e. The van der Waals surface area contributed by atoms with Gasteiger partial charge in [0.2, 0.25) is 0 Å². The van der Waals surface area contributed by atoms with Crippen LogP contribution in [0.25, 0.3) is 0 Å². The van der Waals surface area contributed by atoms with Crippen molar-refractivity contribution in [2.45, 2.75) is 45.1 Å². The monoisotopic (exact) mass is 336 g/mol. The highest BCUT2D eigenvalue weighted by Crippen LogP contribution is 2.33. The maximum atomic E-state index is 13.1. The number of benzene rings is 1. The van der Waals surface area contributed by atoms with Gasteiger partial charge in [0.25, 0.3) is 5.91 Å². The molecule has 3 heterocycles. The first kappa shape index (κ1) is 16.1. The number of para-hydroxylation sites is 1. The minimum absolute atomic E-state index is 0.0316. The summed E-state index contributed by atoms with van der Waals surface area (Å²) in [4.78, 5) is 26.0. The van der Waals surface area contributed by atoms with E-state index in [2.05, 4.69) is 27.9 Å². The Labute approximate surface area is 148 Å². The van der Waals surface area contributed by atoms with Gasteiger partial charge in [0.05, 0.1) is 0 Å². The molecule has 2 aromatic rings. The Hall–Kier alpha value is -2.43. The van der Waals surface area contributed by atoms with Crippen molar-refractivity contribution in [2.75, 3.05) is 22.9 Å². The second-order valence-electron chi connectivity index (χ2n) is 7.02. The van der Waals surface area contributed by atoms with Gasteiger partial charge in [-0.2, -0.15) is 0 Å². The van der Waals surface area contributed by atoms with Crippen LogP contribution in [0, 0.1) is 0 Å². The van der Waals surface area contributed by atoms with E-state index >= 15 is 0 Å². The summed E-state index contributed by atoms with van der Waals surface area (Å²) in [6.45, 7) is 4.11. The molecule has 1 saturated heterocycles. The lowest BCUT2D eigenvalue weighted by Gasteiger charge is -2.24. The molecule has 1 aromatic carbocycles. The number of hydrogen-bond acceptors (Lipinski definition) is 4. The third-order valence-corrected chi connectivity index (χ3v) is 5.23. The Morgan fingerprint density at radius 1 is 1.08 bits per heavy atom. The van der Waals surface area contributed by atoms with Gasteiger partial charge in [0, 0.05) is 30.9 Å². The molecule has 0 bridgehead atoms. The fourth-order valence-electron chi connectivity index (χ4n) is 3.94. The van der Waals surface area contributed by atoms with E-state index in [0.717, 1.165) is 31.0 Å². The van der Waals surface area contributed by atoms with Crippen molar-refractivity contribution in [1.82, 2.24) is 9.97 Å². The van der Waals surface area contributed by atoms with Gasteiger partial charge < -0.3 is 9.80 Å². The lowest BCUT2D eigenvalue weighted by atomic mass is 10.1. The van der Waals surface area contributed by atoms with Crippen LogP contribution in [0.3, 0.4) is 0 Å². The normalized spacial score (nSPS) is 20.3. The Bertz CT molecular complexity index is 768. The molecule has 2 aliphatic rings. The minimum Gasteiger partial charge on any atom is -0.357 e. The highest BCUT2D eigenvalue weighted by atomic mass is 16.2. The number of fused-ring (bicyclic) bond motifs is 1. The molecule has 1 unspecified atom stereocenters. The maximum Gasteiger partial charge on any atom is 0.277 e. The standard InChI is InChI=1S/C20H24N4O/c1-15-12-16-8-4-5-9-18(16)24(15)20(25)17-13-19(22-14-21-17)23-10-6-2-3-7-11-23/h4-5,8-9,13-15H,2-3,6-7,10-12H2,1H3. The van der Waals surface area contributed by atoms with Gasteiger partial charge in [-0.1, -0.05) is 31.0 Å². The van der Waals surface area contributed by atoms with E-state index in [4.69, 9.17) is 0 Å². The molecule has 0 N–H and O–H groups in total. The van der Waals surface area contributed by atoms with Crippen molar-refractivity contribution < 1.29 is 4.79 Å². The molecule has 25 heavy (non-hydrogen) atoms. The molecular weight excluding hydrogens is 312 g/mol. The molecule has 2 aliphatic heterocycles. The number of anilines is 2. The first-order chi connectivity index (χ1) is 12.2. The first-order valence-corrected chi connectivity index (χ1v) is 9.22. The van der Waals surface area contributed by atoms with Crippen molar-refractivity contribution in [1.29, 1.82) is 0 Å². The summed E-state index contributed by atoms with van der Waals surface area (Å²) in [5, 5.41) is 0. The van der Waals surface area contributed by atoms with Gasteiger partial charge in [-0.3, -0.25) is 4.79 Å². The Balaban J connectivity index is 1.61. The largest absolute Gasteiger partial charge is 0.357 e. The molecule has 5 nitrogen and oxygen atoms in total. The van der Waals surface area contributed by atoms with Crippen LogP contribution in [0.4, 0.5) is 11.5 Å². The predicted molar refractivity (Wildman–Crippen MR) is 99.1 cm³/mol. The molecule has 0 spiro atoms. The number of hydrogen-bond donors (Lipinski definition) is 0. The van der Waals surface area contributed by atoms with E-state index < -0.39 is 0 Å². The molecule has 0 saturated carbocycles.